The molecule has 0 fully saturated rings. The standard InChI is InChI=1S/C7H10F3N3.ClH/c1-5-6(2-11)3-13(12-5)4-7(8,9)10;/h3H,2,4,11H2,1H3;1H. The minimum absolute atomic E-state index is 0. The number of hydrogen-bond acceptors (Lipinski definition) is 2. The average molecular weight is 230 g/mol. The van der Waals surface area contributed by atoms with Gasteiger partial charge >= 0.3 is 6.18 Å². The van der Waals surface area contributed by atoms with Gasteiger partial charge in [-0.25, -0.2) is 0 Å². The Bertz CT molecular complexity index is 295. The highest BCUT2D eigenvalue weighted by atomic mass is 35.5. The number of nitrogens with two attached hydrogens (primary N) is 1. The van der Waals surface area contributed by atoms with Gasteiger partial charge in [0.25, 0.3) is 0 Å². The summed E-state index contributed by atoms with van der Waals surface area (Å²) in [6, 6.07) is 0. The van der Waals surface area contributed by atoms with Crippen molar-refractivity contribution in [3.63, 3.8) is 0 Å². The van der Waals surface area contributed by atoms with Crippen LogP contribution in [0.4, 0.5) is 13.2 Å². The molecule has 0 bridgehead atoms. The number of aryl methyl sites for hydroxylation is 1. The maximum atomic E-state index is 11.9. The predicted molar refractivity (Wildman–Crippen MR) is 48.2 cm³/mol. The summed E-state index contributed by atoms with van der Waals surface area (Å²) in [6.45, 7) is 0.784. The molecule has 0 unspecified atom stereocenters. The summed E-state index contributed by atoms with van der Waals surface area (Å²) in [5.41, 5.74) is 6.48. The van der Waals surface area contributed by atoms with Crippen molar-refractivity contribution in [3.8, 4) is 0 Å². The molecule has 0 saturated carbocycles. The molecule has 0 aliphatic heterocycles. The monoisotopic (exact) mass is 229 g/mol. The topological polar surface area (TPSA) is 43.8 Å². The predicted octanol–water partition coefficient (Wildman–Crippen LogP) is 1.63. The third-order valence-corrected chi connectivity index (χ3v) is 1.61. The minimum Gasteiger partial charge on any atom is -0.326 e. The molecule has 82 valence electrons. The number of hydrogen-bond donors (Lipinski definition) is 1. The van der Waals surface area contributed by atoms with Crippen molar-refractivity contribution in [2.45, 2.75) is 26.2 Å². The molecule has 0 aromatic carbocycles. The van der Waals surface area contributed by atoms with E-state index in [1.54, 1.807) is 6.92 Å². The Morgan fingerprint density at radius 1 is 1.50 bits per heavy atom. The molecule has 1 aromatic heterocycles. The fourth-order valence-electron chi connectivity index (χ4n) is 1.02. The second-order valence-corrected chi connectivity index (χ2v) is 2.76. The van der Waals surface area contributed by atoms with Crippen molar-refractivity contribution in [2.24, 2.45) is 5.73 Å². The maximum absolute atomic E-state index is 11.9. The lowest BCUT2D eigenvalue weighted by atomic mass is 10.3. The zero-order chi connectivity index (χ0) is 10.1. The zero-order valence-corrected chi connectivity index (χ0v) is 8.32. The molecule has 0 atom stereocenters. The molecule has 0 aliphatic rings. The van der Waals surface area contributed by atoms with Gasteiger partial charge in [0.05, 0.1) is 5.69 Å². The van der Waals surface area contributed by atoms with E-state index in [1.807, 2.05) is 0 Å². The first-order valence-electron chi connectivity index (χ1n) is 3.72. The van der Waals surface area contributed by atoms with Gasteiger partial charge in [-0.15, -0.1) is 12.4 Å². The Kier molecular flexibility index (Phi) is 4.41. The van der Waals surface area contributed by atoms with Gasteiger partial charge in [-0.1, -0.05) is 0 Å². The fraction of sp³-hybridized carbons (Fsp3) is 0.571. The van der Waals surface area contributed by atoms with Crippen LogP contribution in [-0.4, -0.2) is 16.0 Å². The number of alkyl halides is 3. The van der Waals surface area contributed by atoms with Crippen LogP contribution in [0, 0.1) is 6.92 Å². The van der Waals surface area contributed by atoms with E-state index in [0.29, 0.717) is 11.3 Å². The highest BCUT2D eigenvalue weighted by Gasteiger charge is 2.28. The minimum atomic E-state index is -4.23. The summed E-state index contributed by atoms with van der Waals surface area (Å²) in [5.74, 6) is 0. The van der Waals surface area contributed by atoms with Crippen LogP contribution in [0.1, 0.15) is 11.3 Å². The molecular formula is C7H11ClF3N3. The highest BCUT2D eigenvalue weighted by Crippen LogP contribution is 2.17. The largest absolute Gasteiger partial charge is 0.408 e. The van der Waals surface area contributed by atoms with E-state index in [4.69, 9.17) is 5.73 Å². The third kappa shape index (κ3) is 3.55. The van der Waals surface area contributed by atoms with Gasteiger partial charge in [0, 0.05) is 18.3 Å². The first kappa shape index (κ1) is 13.2. The smallest absolute Gasteiger partial charge is 0.326 e. The van der Waals surface area contributed by atoms with Gasteiger partial charge < -0.3 is 5.73 Å². The van der Waals surface area contributed by atoms with Crippen molar-refractivity contribution < 1.29 is 13.2 Å². The average Bonchev–Trinajstić information content (AvgIpc) is 2.26. The molecule has 14 heavy (non-hydrogen) atoms. The van der Waals surface area contributed by atoms with Crippen LogP contribution in [0.25, 0.3) is 0 Å². The van der Waals surface area contributed by atoms with Crippen LogP contribution in [0.3, 0.4) is 0 Å². The SMILES string of the molecule is Cc1nn(CC(F)(F)F)cc1CN.Cl. The van der Waals surface area contributed by atoms with E-state index in [-0.39, 0.29) is 19.0 Å². The van der Waals surface area contributed by atoms with Crippen LogP contribution < -0.4 is 5.73 Å². The van der Waals surface area contributed by atoms with Crippen LogP contribution >= 0.6 is 12.4 Å². The van der Waals surface area contributed by atoms with Crippen LogP contribution in [0.15, 0.2) is 6.20 Å². The summed E-state index contributed by atoms with van der Waals surface area (Å²) in [5, 5.41) is 3.68. The van der Waals surface area contributed by atoms with E-state index in [1.165, 1.54) is 6.20 Å². The fourth-order valence-corrected chi connectivity index (χ4v) is 1.02. The molecule has 1 heterocycles. The van der Waals surface area contributed by atoms with E-state index in [9.17, 15) is 13.2 Å². The molecule has 0 radical (unpaired) electrons. The van der Waals surface area contributed by atoms with Gasteiger partial charge in [0.15, 0.2) is 0 Å². The molecule has 3 nitrogen and oxygen atoms in total. The molecule has 1 rings (SSSR count). The Morgan fingerprint density at radius 3 is 2.43 bits per heavy atom. The summed E-state index contributed by atoms with van der Waals surface area (Å²) < 4.78 is 36.5. The summed E-state index contributed by atoms with van der Waals surface area (Å²) >= 11 is 0. The van der Waals surface area contributed by atoms with Crippen molar-refractivity contribution in [2.75, 3.05) is 0 Å². The number of halogens is 4. The Morgan fingerprint density at radius 2 is 2.07 bits per heavy atom. The Balaban J connectivity index is 0.00000169. The Hall–Kier alpha value is -0.750. The quantitative estimate of drug-likeness (QED) is 0.838. The first-order valence-corrected chi connectivity index (χ1v) is 3.72. The lowest BCUT2D eigenvalue weighted by Crippen LogP contribution is -2.18. The van der Waals surface area contributed by atoms with Crippen molar-refractivity contribution in [1.29, 1.82) is 0 Å². The van der Waals surface area contributed by atoms with E-state index in [0.717, 1.165) is 4.68 Å². The normalized spacial score (nSPS) is 11.2. The van der Waals surface area contributed by atoms with Gasteiger partial charge in [-0.2, -0.15) is 18.3 Å². The molecule has 0 amide bonds. The molecule has 2 N–H and O–H groups in total. The van der Waals surface area contributed by atoms with Gasteiger partial charge in [0.2, 0.25) is 0 Å². The van der Waals surface area contributed by atoms with Crippen molar-refractivity contribution >= 4 is 12.4 Å². The summed E-state index contributed by atoms with van der Waals surface area (Å²) in [7, 11) is 0. The van der Waals surface area contributed by atoms with E-state index < -0.39 is 12.7 Å². The van der Waals surface area contributed by atoms with Crippen LogP contribution in [-0.2, 0) is 13.1 Å². The highest BCUT2D eigenvalue weighted by molar-refractivity contribution is 5.85. The first-order chi connectivity index (χ1) is 5.92. The Labute approximate surface area is 85.5 Å². The lowest BCUT2D eigenvalue weighted by Gasteiger charge is -2.04. The molecule has 7 heteroatoms. The molecular weight excluding hydrogens is 219 g/mol. The molecule has 1 aromatic rings. The molecule has 0 saturated heterocycles. The number of aromatic nitrogens is 2. The van der Waals surface area contributed by atoms with Crippen molar-refractivity contribution in [1.82, 2.24) is 9.78 Å². The van der Waals surface area contributed by atoms with Crippen LogP contribution in [0.5, 0.6) is 0 Å². The van der Waals surface area contributed by atoms with Gasteiger partial charge in [-0.05, 0) is 6.92 Å². The van der Waals surface area contributed by atoms with Gasteiger partial charge in [0.1, 0.15) is 6.54 Å². The second kappa shape index (κ2) is 4.65. The van der Waals surface area contributed by atoms with E-state index in [2.05, 4.69) is 5.10 Å². The van der Waals surface area contributed by atoms with Gasteiger partial charge in [-0.3, -0.25) is 4.68 Å². The zero-order valence-electron chi connectivity index (χ0n) is 7.51. The van der Waals surface area contributed by atoms with Crippen LogP contribution in [0.2, 0.25) is 0 Å². The van der Waals surface area contributed by atoms with E-state index >= 15 is 0 Å². The second-order valence-electron chi connectivity index (χ2n) is 2.76. The molecule has 0 spiro atoms. The molecule has 0 aliphatic carbocycles. The maximum Gasteiger partial charge on any atom is 0.408 e. The van der Waals surface area contributed by atoms with Crippen molar-refractivity contribution in [3.05, 3.63) is 17.5 Å². The summed E-state index contributed by atoms with van der Waals surface area (Å²) in [6.07, 6.45) is -2.91. The number of nitrogens with zero attached hydrogens (tertiary/aromatic N) is 2. The summed E-state index contributed by atoms with van der Waals surface area (Å²) in [4.78, 5) is 0. The third-order valence-electron chi connectivity index (χ3n) is 1.61. The lowest BCUT2D eigenvalue weighted by molar-refractivity contribution is -0.142. The number of rotatable bonds is 2.